The maximum absolute atomic E-state index is 12.6. The van der Waals surface area contributed by atoms with Crippen molar-refractivity contribution in [1.29, 1.82) is 0 Å². The molecule has 138 valence electrons. The third kappa shape index (κ3) is 5.23. The number of halogens is 1. The largest absolute Gasteiger partial charge is 0.479 e. The molecule has 6 heteroatoms. The summed E-state index contributed by atoms with van der Waals surface area (Å²) in [7, 11) is 0. The van der Waals surface area contributed by atoms with Crippen LogP contribution in [0.15, 0.2) is 48.5 Å². The van der Waals surface area contributed by atoms with Crippen LogP contribution in [0.2, 0.25) is 5.02 Å². The fourth-order valence-corrected chi connectivity index (χ4v) is 2.53. The van der Waals surface area contributed by atoms with Crippen LogP contribution in [0, 0.1) is 0 Å². The molecule has 0 saturated heterocycles. The van der Waals surface area contributed by atoms with Crippen molar-refractivity contribution in [2.75, 3.05) is 11.9 Å². The van der Waals surface area contributed by atoms with Gasteiger partial charge in [0.05, 0.1) is 16.3 Å². The smallest absolute Gasteiger partial charge is 0.265 e. The average molecular weight is 375 g/mol. The van der Waals surface area contributed by atoms with Gasteiger partial charge in [-0.3, -0.25) is 9.59 Å². The van der Waals surface area contributed by atoms with Crippen LogP contribution in [0.4, 0.5) is 5.69 Å². The van der Waals surface area contributed by atoms with Gasteiger partial charge in [-0.05, 0) is 37.1 Å². The van der Waals surface area contributed by atoms with E-state index in [-0.39, 0.29) is 11.8 Å². The Balaban J connectivity index is 2.13. The lowest BCUT2D eigenvalue weighted by Crippen LogP contribution is -2.33. The molecule has 0 unspecified atom stereocenters. The molecule has 0 spiro atoms. The predicted molar refractivity (Wildman–Crippen MR) is 104 cm³/mol. The minimum atomic E-state index is -0.721. The molecule has 5 nitrogen and oxygen atoms in total. The summed E-state index contributed by atoms with van der Waals surface area (Å²) in [5.74, 6) is -0.101. The van der Waals surface area contributed by atoms with E-state index >= 15 is 0 Å². The second-order valence-electron chi connectivity index (χ2n) is 5.74. The number of ether oxygens (including phenoxy) is 1. The number of anilines is 1. The summed E-state index contributed by atoms with van der Waals surface area (Å²) in [5.41, 5.74) is 0.870. The van der Waals surface area contributed by atoms with Crippen LogP contribution in [0.3, 0.4) is 0 Å². The summed E-state index contributed by atoms with van der Waals surface area (Å²) >= 11 is 6.10. The summed E-state index contributed by atoms with van der Waals surface area (Å²) in [6.07, 6.45) is 0.576. The van der Waals surface area contributed by atoms with E-state index in [0.717, 1.165) is 6.42 Å². The van der Waals surface area contributed by atoms with Crippen LogP contribution in [0.25, 0.3) is 0 Å². The molecule has 2 aromatic carbocycles. The van der Waals surface area contributed by atoms with E-state index in [9.17, 15) is 9.59 Å². The molecule has 2 amide bonds. The Labute approximate surface area is 158 Å². The van der Waals surface area contributed by atoms with Crippen LogP contribution in [-0.2, 0) is 4.79 Å². The van der Waals surface area contributed by atoms with Gasteiger partial charge in [0.2, 0.25) is 0 Å². The lowest BCUT2D eigenvalue weighted by atomic mass is 10.1. The van der Waals surface area contributed by atoms with E-state index < -0.39 is 6.10 Å². The zero-order chi connectivity index (χ0) is 18.9. The van der Waals surface area contributed by atoms with Crippen LogP contribution in [-0.4, -0.2) is 24.5 Å². The van der Waals surface area contributed by atoms with E-state index in [2.05, 4.69) is 10.6 Å². The van der Waals surface area contributed by atoms with E-state index in [1.54, 1.807) is 48.5 Å². The van der Waals surface area contributed by atoms with Crippen molar-refractivity contribution >= 4 is 29.1 Å². The van der Waals surface area contributed by atoms with Gasteiger partial charge in [0.15, 0.2) is 6.10 Å². The average Bonchev–Trinajstić information content (AvgIpc) is 2.65. The van der Waals surface area contributed by atoms with Gasteiger partial charge in [-0.25, -0.2) is 0 Å². The van der Waals surface area contributed by atoms with Crippen LogP contribution in [0.1, 0.15) is 37.0 Å². The zero-order valence-electron chi connectivity index (χ0n) is 14.9. The Bertz CT molecular complexity index is 764. The van der Waals surface area contributed by atoms with Crippen molar-refractivity contribution < 1.29 is 14.3 Å². The molecule has 0 heterocycles. The normalized spacial score (nSPS) is 11.5. The van der Waals surface area contributed by atoms with Gasteiger partial charge in [-0.15, -0.1) is 0 Å². The van der Waals surface area contributed by atoms with Gasteiger partial charge in [0.1, 0.15) is 5.75 Å². The summed E-state index contributed by atoms with van der Waals surface area (Å²) in [6.45, 7) is 4.40. The summed E-state index contributed by atoms with van der Waals surface area (Å²) in [4.78, 5) is 24.9. The molecule has 2 aromatic rings. The number of amides is 2. The Hall–Kier alpha value is -2.53. The van der Waals surface area contributed by atoms with Gasteiger partial charge in [0.25, 0.3) is 11.8 Å². The summed E-state index contributed by atoms with van der Waals surface area (Å²) in [6, 6.07) is 13.9. The topological polar surface area (TPSA) is 67.4 Å². The van der Waals surface area contributed by atoms with Crippen molar-refractivity contribution in [2.45, 2.75) is 32.8 Å². The fourth-order valence-electron chi connectivity index (χ4n) is 2.35. The number of hydrogen-bond donors (Lipinski definition) is 2. The molecule has 0 bridgehead atoms. The van der Waals surface area contributed by atoms with Crippen molar-refractivity contribution in [2.24, 2.45) is 0 Å². The minimum absolute atomic E-state index is 0.220. The highest BCUT2D eigenvalue weighted by Crippen LogP contribution is 2.25. The molecule has 2 N–H and O–H groups in total. The SMILES string of the molecule is CCCNC(=O)c1ccccc1NC(=O)[C@@H](CC)Oc1ccccc1Cl. The molecule has 0 saturated carbocycles. The van der Waals surface area contributed by atoms with Crippen molar-refractivity contribution in [3.05, 3.63) is 59.1 Å². The van der Waals surface area contributed by atoms with E-state index in [1.165, 1.54) is 0 Å². The van der Waals surface area contributed by atoms with Gasteiger partial charge < -0.3 is 15.4 Å². The molecule has 0 aromatic heterocycles. The van der Waals surface area contributed by atoms with Gasteiger partial charge in [0, 0.05) is 6.54 Å². The highest BCUT2D eigenvalue weighted by molar-refractivity contribution is 6.32. The zero-order valence-corrected chi connectivity index (χ0v) is 15.7. The second kappa shape index (κ2) is 9.82. The molecule has 1 atom stereocenters. The Kier molecular flexibility index (Phi) is 7.48. The number of rotatable bonds is 8. The molecule has 0 radical (unpaired) electrons. The minimum Gasteiger partial charge on any atom is -0.479 e. The Morgan fingerprint density at radius 2 is 1.77 bits per heavy atom. The molecule has 0 aliphatic rings. The van der Waals surface area contributed by atoms with Crippen LogP contribution in [0.5, 0.6) is 5.75 Å². The monoisotopic (exact) mass is 374 g/mol. The molecule has 2 rings (SSSR count). The first kappa shape index (κ1) is 19.8. The molecule has 26 heavy (non-hydrogen) atoms. The standard InChI is InChI=1S/C20H23ClN2O3/c1-3-13-22-19(24)14-9-5-7-11-16(14)23-20(25)17(4-2)26-18-12-8-6-10-15(18)21/h5-12,17H,3-4,13H2,1-2H3,(H,22,24)(H,23,25)/t17-/m1/s1. The van der Waals surface area contributed by atoms with Gasteiger partial charge in [-0.2, -0.15) is 0 Å². The molecular weight excluding hydrogens is 352 g/mol. The van der Waals surface area contributed by atoms with E-state index in [4.69, 9.17) is 16.3 Å². The van der Waals surface area contributed by atoms with Crippen molar-refractivity contribution in [3.8, 4) is 5.75 Å². The Morgan fingerprint density at radius 3 is 2.46 bits per heavy atom. The van der Waals surface area contributed by atoms with Crippen LogP contribution >= 0.6 is 11.6 Å². The first-order valence-corrected chi connectivity index (χ1v) is 9.03. The lowest BCUT2D eigenvalue weighted by molar-refractivity contribution is -0.122. The van der Waals surface area contributed by atoms with E-state index in [1.807, 2.05) is 13.8 Å². The second-order valence-corrected chi connectivity index (χ2v) is 6.14. The molecule has 0 aliphatic carbocycles. The Morgan fingerprint density at radius 1 is 1.08 bits per heavy atom. The number of hydrogen-bond acceptors (Lipinski definition) is 3. The molecule has 0 fully saturated rings. The van der Waals surface area contributed by atoms with Gasteiger partial charge >= 0.3 is 0 Å². The number of nitrogens with one attached hydrogen (secondary N) is 2. The third-order valence-electron chi connectivity index (χ3n) is 3.73. The quantitative estimate of drug-likeness (QED) is 0.724. The highest BCUT2D eigenvalue weighted by Gasteiger charge is 2.21. The number of carbonyl (C=O) groups is 2. The summed E-state index contributed by atoms with van der Waals surface area (Å²) < 4.78 is 5.75. The summed E-state index contributed by atoms with van der Waals surface area (Å²) in [5, 5.41) is 6.05. The van der Waals surface area contributed by atoms with Crippen LogP contribution < -0.4 is 15.4 Å². The maximum atomic E-state index is 12.6. The first-order valence-electron chi connectivity index (χ1n) is 8.66. The number of para-hydroxylation sites is 2. The first-order chi connectivity index (χ1) is 12.6. The fraction of sp³-hybridized carbons (Fsp3) is 0.300. The lowest BCUT2D eigenvalue weighted by Gasteiger charge is -2.19. The van der Waals surface area contributed by atoms with E-state index in [0.29, 0.717) is 35.0 Å². The maximum Gasteiger partial charge on any atom is 0.265 e. The van der Waals surface area contributed by atoms with Gasteiger partial charge in [-0.1, -0.05) is 49.7 Å². The van der Waals surface area contributed by atoms with Crippen molar-refractivity contribution in [1.82, 2.24) is 5.32 Å². The number of carbonyl (C=O) groups excluding carboxylic acids is 2. The van der Waals surface area contributed by atoms with Crippen molar-refractivity contribution in [3.63, 3.8) is 0 Å². The third-order valence-corrected chi connectivity index (χ3v) is 4.05. The molecular formula is C20H23ClN2O3. The number of benzene rings is 2. The molecule has 0 aliphatic heterocycles. The highest BCUT2D eigenvalue weighted by atomic mass is 35.5. The predicted octanol–water partition coefficient (Wildman–Crippen LogP) is 4.28.